The SMILES string of the molecule is CC(C)(C)C1CCc2nc3sc(C(=O)O)c(N)c3cc2C1. The number of nitrogens with two attached hydrogens (primary N) is 1. The van der Waals surface area contributed by atoms with E-state index >= 15 is 0 Å². The Labute approximate surface area is 128 Å². The van der Waals surface area contributed by atoms with Crippen molar-refractivity contribution in [3.8, 4) is 0 Å². The molecule has 0 bridgehead atoms. The Morgan fingerprint density at radius 1 is 1.48 bits per heavy atom. The highest BCUT2D eigenvalue weighted by atomic mass is 32.1. The Balaban J connectivity index is 2.09. The molecule has 3 N–H and O–H groups in total. The number of anilines is 1. The summed E-state index contributed by atoms with van der Waals surface area (Å²) in [5.74, 6) is -0.343. The van der Waals surface area contributed by atoms with Crippen molar-refractivity contribution < 1.29 is 9.90 Å². The largest absolute Gasteiger partial charge is 0.477 e. The van der Waals surface area contributed by atoms with Gasteiger partial charge in [-0.25, -0.2) is 9.78 Å². The molecule has 21 heavy (non-hydrogen) atoms. The van der Waals surface area contributed by atoms with Crippen LogP contribution in [0, 0.1) is 11.3 Å². The number of rotatable bonds is 1. The number of aromatic nitrogens is 1. The van der Waals surface area contributed by atoms with Crippen LogP contribution in [0.1, 0.15) is 48.1 Å². The third-order valence-corrected chi connectivity index (χ3v) is 5.61. The van der Waals surface area contributed by atoms with E-state index < -0.39 is 5.97 Å². The van der Waals surface area contributed by atoms with Crippen molar-refractivity contribution in [1.29, 1.82) is 0 Å². The molecule has 0 aromatic carbocycles. The fourth-order valence-electron chi connectivity index (χ4n) is 3.09. The van der Waals surface area contributed by atoms with E-state index in [9.17, 15) is 9.90 Å². The summed E-state index contributed by atoms with van der Waals surface area (Å²) < 4.78 is 0. The molecule has 4 nitrogen and oxygen atoms in total. The second kappa shape index (κ2) is 4.70. The number of hydrogen-bond donors (Lipinski definition) is 2. The van der Waals surface area contributed by atoms with Crippen LogP contribution in [0.2, 0.25) is 0 Å². The molecule has 1 unspecified atom stereocenters. The van der Waals surface area contributed by atoms with Crippen LogP contribution in [-0.4, -0.2) is 16.1 Å². The molecule has 112 valence electrons. The molecule has 0 radical (unpaired) electrons. The van der Waals surface area contributed by atoms with Gasteiger partial charge in [-0.15, -0.1) is 11.3 Å². The average Bonchev–Trinajstić information content (AvgIpc) is 2.72. The molecule has 0 aliphatic heterocycles. The van der Waals surface area contributed by atoms with Gasteiger partial charge in [0.2, 0.25) is 0 Å². The van der Waals surface area contributed by atoms with Gasteiger partial charge in [-0.3, -0.25) is 0 Å². The number of thiophene rings is 1. The quantitative estimate of drug-likeness (QED) is 0.841. The van der Waals surface area contributed by atoms with E-state index in [2.05, 4.69) is 31.8 Å². The summed E-state index contributed by atoms with van der Waals surface area (Å²) in [5.41, 5.74) is 8.96. The van der Waals surface area contributed by atoms with Crippen LogP contribution >= 0.6 is 11.3 Å². The van der Waals surface area contributed by atoms with E-state index in [-0.39, 0.29) is 10.3 Å². The summed E-state index contributed by atoms with van der Waals surface area (Å²) in [6.45, 7) is 6.82. The lowest BCUT2D eigenvalue weighted by molar-refractivity contribution is 0.0703. The Morgan fingerprint density at radius 3 is 2.81 bits per heavy atom. The summed E-state index contributed by atoms with van der Waals surface area (Å²) in [6, 6.07) is 2.06. The predicted octanol–water partition coefficient (Wildman–Crippen LogP) is 3.73. The maximum atomic E-state index is 11.2. The second-order valence-corrected chi connectivity index (χ2v) is 7.90. The zero-order chi connectivity index (χ0) is 15.4. The van der Waals surface area contributed by atoms with Gasteiger partial charge in [0.25, 0.3) is 0 Å². The molecule has 0 amide bonds. The third-order valence-electron chi connectivity index (χ3n) is 4.50. The minimum atomic E-state index is -0.971. The van der Waals surface area contributed by atoms with Gasteiger partial charge in [0.15, 0.2) is 0 Å². The molecule has 2 aromatic rings. The van der Waals surface area contributed by atoms with Gasteiger partial charge in [0, 0.05) is 11.1 Å². The van der Waals surface area contributed by atoms with Crippen LogP contribution in [0.5, 0.6) is 0 Å². The lowest BCUT2D eigenvalue weighted by Crippen LogP contribution is -2.27. The molecule has 0 saturated carbocycles. The molecule has 1 atom stereocenters. The van der Waals surface area contributed by atoms with Crippen molar-refractivity contribution in [3.63, 3.8) is 0 Å². The van der Waals surface area contributed by atoms with Gasteiger partial charge < -0.3 is 10.8 Å². The first-order valence-corrected chi connectivity index (χ1v) is 8.03. The normalized spacial score (nSPS) is 18.7. The molecule has 1 aliphatic carbocycles. The smallest absolute Gasteiger partial charge is 0.348 e. The minimum Gasteiger partial charge on any atom is -0.477 e. The summed E-state index contributed by atoms with van der Waals surface area (Å²) in [4.78, 5) is 16.8. The van der Waals surface area contributed by atoms with E-state index in [1.165, 1.54) is 16.9 Å². The Kier molecular flexibility index (Phi) is 3.20. The molecule has 0 spiro atoms. The van der Waals surface area contributed by atoms with Gasteiger partial charge in [0.1, 0.15) is 9.71 Å². The zero-order valence-corrected chi connectivity index (χ0v) is 13.4. The number of carboxylic acids is 1. The summed E-state index contributed by atoms with van der Waals surface area (Å²) in [5, 5.41) is 9.98. The Hall–Kier alpha value is -1.62. The predicted molar refractivity (Wildman–Crippen MR) is 86.0 cm³/mol. The van der Waals surface area contributed by atoms with Crippen LogP contribution in [0.25, 0.3) is 10.2 Å². The van der Waals surface area contributed by atoms with Crippen molar-refractivity contribution >= 4 is 33.2 Å². The standard InChI is InChI=1S/C16H20N2O2S/c1-16(2,3)9-4-5-11-8(6-9)7-10-12(17)13(15(19)20)21-14(10)18-11/h7,9H,4-6,17H2,1-3H3,(H,19,20). The summed E-state index contributed by atoms with van der Waals surface area (Å²) in [7, 11) is 0. The van der Waals surface area contributed by atoms with Crippen molar-refractivity contribution in [2.75, 3.05) is 5.73 Å². The van der Waals surface area contributed by atoms with Crippen LogP contribution in [0.3, 0.4) is 0 Å². The summed E-state index contributed by atoms with van der Waals surface area (Å²) >= 11 is 1.18. The van der Waals surface area contributed by atoms with E-state index in [0.717, 1.165) is 35.2 Å². The van der Waals surface area contributed by atoms with E-state index in [1.807, 2.05) is 0 Å². The molecule has 3 rings (SSSR count). The highest BCUT2D eigenvalue weighted by Gasteiger charge is 2.30. The van der Waals surface area contributed by atoms with Crippen LogP contribution in [-0.2, 0) is 12.8 Å². The average molecular weight is 304 g/mol. The first-order valence-electron chi connectivity index (χ1n) is 7.21. The topological polar surface area (TPSA) is 76.2 Å². The highest BCUT2D eigenvalue weighted by molar-refractivity contribution is 7.21. The molecule has 2 aromatic heterocycles. The Morgan fingerprint density at radius 2 is 2.19 bits per heavy atom. The summed E-state index contributed by atoms with van der Waals surface area (Å²) in [6.07, 6.45) is 3.11. The lowest BCUT2D eigenvalue weighted by Gasteiger charge is -2.34. The molecule has 2 heterocycles. The molecular weight excluding hydrogens is 284 g/mol. The van der Waals surface area contributed by atoms with Gasteiger partial charge in [0.05, 0.1) is 5.69 Å². The van der Waals surface area contributed by atoms with E-state index in [4.69, 9.17) is 5.73 Å². The number of hydrogen-bond acceptors (Lipinski definition) is 4. The first-order chi connectivity index (χ1) is 9.77. The van der Waals surface area contributed by atoms with Gasteiger partial charge in [-0.2, -0.15) is 0 Å². The molecule has 5 heteroatoms. The van der Waals surface area contributed by atoms with E-state index in [1.54, 1.807) is 0 Å². The van der Waals surface area contributed by atoms with Crippen LogP contribution < -0.4 is 5.73 Å². The minimum absolute atomic E-state index is 0.201. The lowest BCUT2D eigenvalue weighted by atomic mass is 9.71. The van der Waals surface area contributed by atoms with Crippen LogP contribution in [0.15, 0.2) is 6.07 Å². The number of carbonyl (C=O) groups is 1. The van der Waals surface area contributed by atoms with Crippen molar-refractivity contribution in [2.45, 2.75) is 40.0 Å². The van der Waals surface area contributed by atoms with Crippen molar-refractivity contribution in [1.82, 2.24) is 4.98 Å². The maximum Gasteiger partial charge on any atom is 0.348 e. The molecule has 0 fully saturated rings. The molecular formula is C16H20N2O2S. The number of nitrogen functional groups attached to an aromatic ring is 1. The number of pyridine rings is 1. The fourth-order valence-corrected chi connectivity index (χ4v) is 4.02. The third kappa shape index (κ3) is 2.39. The fraction of sp³-hybridized carbons (Fsp3) is 0.500. The number of aryl methyl sites for hydroxylation is 1. The maximum absolute atomic E-state index is 11.2. The van der Waals surface area contributed by atoms with E-state index in [0.29, 0.717) is 11.6 Å². The van der Waals surface area contributed by atoms with Gasteiger partial charge in [-0.1, -0.05) is 20.8 Å². The second-order valence-electron chi connectivity index (χ2n) is 6.90. The molecule has 0 saturated heterocycles. The number of fused-ring (bicyclic) bond motifs is 2. The van der Waals surface area contributed by atoms with Gasteiger partial charge in [-0.05, 0) is 42.2 Å². The number of carboxylic acid groups (broad SMARTS) is 1. The van der Waals surface area contributed by atoms with Crippen LogP contribution in [0.4, 0.5) is 5.69 Å². The number of nitrogens with zero attached hydrogens (tertiary/aromatic N) is 1. The van der Waals surface area contributed by atoms with Crippen molar-refractivity contribution in [3.05, 3.63) is 22.2 Å². The zero-order valence-electron chi connectivity index (χ0n) is 12.6. The first kappa shape index (κ1) is 14.3. The Bertz CT molecular complexity index is 728. The molecule has 1 aliphatic rings. The monoisotopic (exact) mass is 304 g/mol. The van der Waals surface area contributed by atoms with Gasteiger partial charge >= 0.3 is 5.97 Å². The highest BCUT2D eigenvalue weighted by Crippen LogP contribution is 2.40. The number of aromatic carboxylic acids is 1. The van der Waals surface area contributed by atoms with Crippen molar-refractivity contribution in [2.24, 2.45) is 11.3 Å².